The van der Waals surface area contributed by atoms with E-state index in [1.165, 1.54) is 4.90 Å². The van der Waals surface area contributed by atoms with Crippen LogP contribution in [0.25, 0.3) is 0 Å². The van der Waals surface area contributed by atoms with Gasteiger partial charge in [-0.05, 0) is 56.4 Å². The monoisotopic (exact) mass is 377 g/mol. The standard InChI is InChI=1S/C23H23NO4/c1-14-7-10-16(11-8-14)23(27)28-20-6-4-3-5-19(20)24-21(25)17-12-9-15(2)13-18(17)22(24)26/h3-8,10-11,15,17-18H,9,12-13H2,1-2H3/t15-,17+,18-/m1/s1. The summed E-state index contributed by atoms with van der Waals surface area (Å²) in [5.74, 6) is -0.741. The van der Waals surface area contributed by atoms with Crippen LogP contribution in [-0.2, 0) is 9.59 Å². The van der Waals surface area contributed by atoms with E-state index >= 15 is 0 Å². The maximum absolute atomic E-state index is 13.0. The Morgan fingerprint density at radius 3 is 2.39 bits per heavy atom. The number of nitrogens with zero attached hydrogens (tertiary/aromatic N) is 1. The molecule has 1 aliphatic heterocycles. The van der Waals surface area contributed by atoms with Crippen molar-refractivity contribution in [3.8, 4) is 5.75 Å². The Bertz CT molecular complexity index is 934. The van der Waals surface area contributed by atoms with Crippen molar-refractivity contribution in [3.63, 3.8) is 0 Å². The summed E-state index contributed by atoms with van der Waals surface area (Å²) in [4.78, 5) is 39.7. The summed E-state index contributed by atoms with van der Waals surface area (Å²) in [5, 5.41) is 0. The van der Waals surface area contributed by atoms with E-state index in [1.807, 2.05) is 19.1 Å². The molecule has 0 unspecified atom stereocenters. The van der Waals surface area contributed by atoms with Crippen molar-refractivity contribution in [2.45, 2.75) is 33.1 Å². The van der Waals surface area contributed by atoms with E-state index in [0.29, 0.717) is 17.2 Å². The number of benzene rings is 2. The number of carbonyl (C=O) groups excluding carboxylic acids is 3. The third-order valence-electron chi connectivity index (χ3n) is 5.78. The van der Waals surface area contributed by atoms with Crippen molar-refractivity contribution >= 4 is 23.5 Å². The summed E-state index contributed by atoms with van der Waals surface area (Å²) in [6, 6.07) is 13.8. The molecule has 1 saturated heterocycles. The van der Waals surface area contributed by atoms with Crippen molar-refractivity contribution in [2.24, 2.45) is 17.8 Å². The van der Waals surface area contributed by atoms with Crippen molar-refractivity contribution < 1.29 is 19.1 Å². The van der Waals surface area contributed by atoms with Crippen molar-refractivity contribution in [1.29, 1.82) is 0 Å². The van der Waals surface area contributed by atoms with Gasteiger partial charge in [0.15, 0.2) is 5.75 Å². The lowest BCUT2D eigenvalue weighted by Gasteiger charge is -2.25. The van der Waals surface area contributed by atoms with Gasteiger partial charge in [0.1, 0.15) is 0 Å². The second-order valence-electron chi connectivity index (χ2n) is 7.87. The van der Waals surface area contributed by atoms with Gasteiger partial charge in [-0.1, -0.05) is 36.8 Å². The lowest BCUT2D eigenvalue weighted by atomic mass is 9.76. The zero-order chi connectivity index (χ0) is 19.8. The molecular formula is C23H23NO4. The Morgan fingerprint density at radius 1 is 0.964 bits per heavy atom. The van der Waals surface area contributed by atoms with Gasteiger partial charge >= 0.3 is 5.97 Å². The van der Waals surface area contributed by atoms with Gasteiger partial charge in [-0.15, -0.1) is 0 Å². The highest BCUT2D eigenvalue weighted by atomic mass is 16.5. The number of carbonyl (C=O) groups is 3. The Kier molecular flexibility index (Phi) is 4.75. The van der Waals surface area contributed by atoms with Crippen LogP contribution >= 0.6 is 0 Å². The molecule has 1 aliphatic carbocycles. The highest BCUT2D eigenvalue weighted by Gasteiger charge is 2.50. The van der Waals surface area contributed by atoms with E-state index < -0.39 is 5.97 Å². The lowest BCUT2D eigenvalue weighted by Crippen LogP contribution is -2.31. The number of ether oxygens (including phenoxy) is 1. The zero-order valence-electron chi connectivity index (χ0n) is 16.1. The second-order valence-corrected chi connectivity index (χ2v) is 7.87. The summed E-state index contributed by atoms with van der Waals surface area (Å²) < 4.78 is 5.57. The van der Waals surface area contributed by atoms with Gasteiger partial charge in [0.05, 0.1) is 23.1 Å². The first kappa shape index (κ1) is 18.4. The second kappa shape index (κ2) is 7.23. The maximum Gasteiger partial charge on any atom is 0.343 e. The van der Waals surface area contributed by atoms with Crippen molar-refractivity contribution in [1.82, 2.24) is 0 Å². The number of imide groups is 1. The normalized spacial score (nSPS) is 24.2. The molecule has 2 amide bonds. The molecule has 28 heavy (non-hydrogen) atoms. The molecule has 2 aromatic carbocycles. The van der Waals surface area contributed by atoms with Crippen LogP contribution in [0.2, 0.25) is 0 Å². The number of amides is 2. The van der Waals surface area contributed by atoms with E-state index in [1.54, 1.807) is 36.4 Å². The van der Waals surface area contributed by atoms with Gasteiger partial charge in [0, 0.05) is 0 Å². The topological polar surface area (TPSA) is 63.7 Å². The zero-order valence-corrected chi connectivity index (χ0v) is 16.1. The third kappa shape index (κ3) is 3.21. The lowest BCUT2D eigenvalue weighted by molar-refractivity contribution is -0.122. The average Bonchev–Trinajstić information content (AvgIpc) is 2.93. The van der Waals surface area contributed by atoms with Gasteiger partial charge in [-0.2, -0.15) is 0 Å². The van der Waals surface area contributed by atoms with Gasteiger partial charge in [-0.3, -0.25) is 9.59 Å². The number of esters is 1. The van der Waals surface area contributed by atoms with Gasteiger partial charge in [0.25, 0.3) is 0 Å². The first-order valence-electron chi connectivity index (χ1n) is 9.71. The van der Waals surface area contributed by atoms with E-state index in [9.17, 15) is 14.4 Å². The molecule has 1 heterocycles. The first-order valence-corrected chi connectivity index (χ1v) is 9.71. The third-order valence-corrected chi connectivity index (χ3v) is 5.78. The molecule has 144 valence electrons. The van der Waals surface area contributed by atoms with Crippen LogP contribution in [0, 0.1) is 24.7 Å². The molecule has 5 nitrogen and oxygen atoms in total. The van der Waals surface area contributed by atoms with E-state index in [-0.39, 0.29) is 29.4 Å². The molecule has 4 rings (SSSR count). The smallest absolute Gasteiger partial charge is 0.343 e. The molecule has 2 aromatic rings. The number of para-hydroxylation sites is 2. The Balaban J connectivity index is 1.63. The molecule has 0 aromatic heterocycles. The molecular weight excluding hydrogens is 354 g/mol. The van der Waals surface area contributed by atoms with Gasteiger partial charge in [0.2, 0.25) is 11.8 Å². The summed E-state index contributed by atoms with van der Waals surface area (Å²) in [6.45, 7) is 4.06. The molecule has 0 bridgehead atoms. The fourth-order valence-electron chi connectivity index (χ4n) is 4.20. The fourth-order valence-corrected chi connectivity index (χ4v) is 4.20. The van der Waals surface area contributed by atoms with Crippen LogP contribution in [0.4, 0.5) is 5.69 Å². The number of aryl methyl sites for hydroxylation is 1. The number of hydrogen-bond acceptors (Lipinski definition) is 4. The van der Waals surface area contributed by atoms with Gasteiger partial charge < -0.3 is 4.74 Å². The minimum Gasteiger partial charge on any atom is -0.421 e. The molecule has 5 heteroatoms. The highest BCUT2D eigenvalue weighted by Crippen LogP contribution is 2.44. The van der Waals surface area contributed by atoms with Crippen LogP contribution in [0.15, 0.2) is 48.5 Å². The molecule has 2 fully saturated rings. The largest absolute Gasteiger partial charge is 0.421 e. The summed E-state index contributed by atoms with van der Waals surface area (Å²) in [6.07, 6.45) is 2.42. The number of anilines is 1. The highest BCUT2D eigenvalue weighted by molar-refractivity contribution is 6.22. The van der Waals surface area contributed by atoms with Crippen LogP contribution < -0.4 is 9.64 Å². The molecule has 0 radical (unpaired) electrons. The van der Waals surface area contributed by atoms with Crippen molar-refractivity contribution in [3.05, 3.63) is 59.7 Å². The minimum atomic E-state index is -0.516. The predicted octanol–water partition coefficient (Wildman–Crippen LogP) is 4.14. The molecule has 0 N–H and O–H groups in total. The quantitative estimate of drug-likeness (QED) is 0.458. The Labute approximate surface area is 164 Å². The first-order chi connectivity index (χ1) is 13.5. The SMILES string of the molecule is Cc1ccc(C(=O)Oc2ccccc2N2C(=O)[C@H]3CC[C@@H](C)C[C@H]3C2=O)cc1. The predicted molar refractivity (Wildman–Crippen MR) is 105 cm³/mol. The molecule has 0 spiro atoms. The van der Waals surface area contributed by atoms with Crippen LogP contribution in [0.3, 0.4) is 0 Å². The molecule has 3 atom stereocenters. The summed E-state index contributed by atoms with van der Waals surface area (Å²) >= 11 is 0. The number of rotatable bonds is 3. The fraction of sp³-hybridized carbons (Fsp3) is 0.348. The number of fused-ring (bicyclic) bond motifs is 1. The maximum atomic E-state index is 13.0. The molecule has 1 saturated carbocycles. The van der Waals surface area contributed by atoms with E-state index in [0.717, 1.165) is 24.8 Å². The van der Waals surface area contributed by atoms with Crippen LogP contribution in [0.1, 0.15) is 42.1 Å². The van der Waals surface area contributed by atoms with Gasteiger partial charge in [-0.25, -0.2) is 9.69 Å². The Hall–Kier alpha value is -2.95. The van der Waals surface area contributed by atoms with E-state index in [4.69, 9.17) is 4.74 Å². The Morgan fingerprint density at radius 2 is 1.64 bits per heavy atom. The average molecular weight is 377 g/mol. The molecule has 2 aliphatic rings. The van der Waals surface area contributed by atoms with E-state index in [2.05, 4.69) is 6.92 Å². The van der Waals surface area contributed by atoms with Crippen LogP contribution in [0.5, 0.6) is 5.75 Å². The minimum absolute atomic E-state index is 0.180. The van der Waals surface area contributed by atoms with Crippen molar-refractivity contribution in [2.75, 3.05) is 4.90 Å². The number of hydrogen-bond donors (Lipinski definition) is 0. The summed E-state index contributed by atoms with van der Waals surface area (Å²) in [7, 11) is 0. The van der Waals surface area contributed by atoms with Crippen LogP contribution in [-0.4, -0.2) is 17.8 Å². The summed E-state index contributed by atoms with van der Waals surface area (Å²) in [5.41, 5.74) is 1.81.